The molecule has 0 saturated carbocycles. The van der Waals surface area contributed by atoms with E-state index in [4.69, 9.17) is 19.9 Å². The number of hydrogen-bond donors (Lipinski definition) is 1. The first kappa shape index (κ1) is 14.1. The molecule has 0 bridgehead atoms. The molecule has 0 heterocycles. The molecule has 4 nitrogen and oxygen atoms in total. The Morgan fingerprint density at radius 3 is 2.15 bits per heavy atom. The topological polar surface area (TPSA) is 53.7 Å². The van der Waals surface area contributed by atoms with Crippen LogP contribution in [-0.2, 0) is 0 Å². The van der Waals surface area contributed by atoms with Crippen LogP contribution in [0.1, 0.15) is 6.92 Å². The number of rotatable bonds is 7. The van der Waals surface area contributed by atoms with E-state index in [1.165, 1.54) is 0 Å². The molecule has 0 atom stereocenters. The van der Waals surface area contributed by atoms with Crippen LogP contribution in [0.2, 0.25) is 0 Å². The summed E-state index contributed by atoms with van der Waals surface area (Å²) < 4.78 is 16.6. The molecule has 2 rings (SSSR count). The van der Waals surface area contributed by atoms with Crippen LogP contribution in [0, 0.1) is 0 Å². The first-order valence-corrected chi connectivity index (χ1v) is 6.63. The lowest BCUT2D eigenvalue weighted by Gasteiger charge is -2.13. The van der Waals surface area contributed by atoms with Gasteiger partial charge in [-0.25, -0.2) is 0 Å². The third-order valence-corrected chi connectivity index (χ3v) is 2.68. The minimum Gasteiger partial charge on any atom is -0.492 e. The number of anilines is 1. The zero-order valence-electron chi connectivity index (χ0n) is 11.5. The predicted molar refractivity (Wildman–Crippen MR) is 79.5 cm³/mol. The molecule has 0 aliphatic rings. The maximum absolute atomic E-state index is 5.97. The summed E-state index contributed by atoms with van der Waals surface area (Å²) in [4.78, 5) is 0. The van der Waals surface area contributed by atoms with Crippen molar-refractivity contribution in [3.63, 3.8) is 0 Å². The van der Waals surface area contributed by atoms with Gasteiger partial charge in [-0.3, -0.25) is 0 Å². The van der Waals surface area contributed by atoms with E-state index in [1.54, 1.807) is 0 Å². The highest BCUT2D eigenvalue weighted by Crippen LogP contribution is 2.31. The molecule has 106 valence electrons. The van der Waals surface area contributed by atoms with Gasteiger partial charge in [-0.05, 0) is 31.2 Å². The van der Waals surface area contributed by atoms with E-state index in [9.17, 15) is 0 Å². The van der Waals surface area contributed by atoms with Gasteiger partial charge in [-0.15, -0.1) is 0 Å². The van der Waals surface area contributed by atoms with Gasteiger partial charge in [0, 0.05) is 0 Å². The smallest absolute Gasteiger partial charge is 0.146 e. The summed E-state index contributed by atoms with van der Waals surface area (Å²) in [5.74, 6) is 2.09. The Morgan fingerprint density at radius 2 is 1.45 bits per heavy atom. The van der Waals surface area contributed by atoms with Crippen molar-refractivity contribution in [1.82, 2.24) is 0 Å². The van der Waals surface area contributed by atoms with E-state index in [2.05, 4.69) is 0 Å². The number of nitrogens with two attached hydrogens (primary N) is 1. The average molecular weight is 273 g/mol. The van der Waals surface area contributed by atoms with Gasteiger partial charge in [-0.1, -0.05) is 24.3 Å². The van der Waals surface area contributed by atoms with Crippen molar-refractivity contribution < 1.29 is 14.2 Å². The Morgan fingerprint density at radius 1 is 0.800 bits per heavy atom. The molecule has 4 heteroatoms. The van der Waals surface area contributed by atoms with Crippen LogP contribution in [0.15, 0.2) is 48.5 Å². The molecular weight excluding hydrogens is 254 g/mol. The maximum atomic E-state index is 5.97. The molecule has 0 fully saturated rings. The van der Waals surface area contributed by atoms with E-state index in [-0.39, 0.29) is 0 Å². The number of benzene rings is 2. The zero-order chi connectivity index (χ0) is 14.2. The minimum atomic E-state index is 0.425. The highest BCUT2D eigenvalue weighted by atomic mass is 16.5. The normalized spacial score (nSPS) is 10.1. The summed E-state index contributed by atoms with van der Waals surface area (Å²) in [6.07, 6.45) is 0. The predicted octanol–water partition coefficient (Wildman–Crippen LogP) is 3.13. The van der Waals surface area contributed by atoms with Crippen LogP contribution in [0.5, 0.6) is 17.2 Å². The first-order valence-electron chi connectivity index (χ1n) is 6.63. The molecule has 0 spiro atoms. The summed E-state index contributed by atoms with van der Waals surface area (Å²) in [6, 6.07) is 15.1. The van der Waals surface area contributed by atoms with Gasteiger partial charge in [0.15, 0.2) is 0 Å². The first-order chi connectivity index (χ1) is 9.81. The van der Waals surface area contributed by atoms with Crippen LogP contribution in [0.4, 0.5) is 5.69 Å². The molecular formula is C16H19NO3. The van der Waals surface area contributed by atoms with Gasteiger partial charge < -0.3 is 19.9 Å². The third kappa shape index (κ3) is 3.82. The SMILES string of the molecule is CCOc1cccc(OCCOc2ccccc2)c1N. The Balaban J connectivity index is 1.83. The van der Waals surface area contributed by atoms with Crippen molar-refractivity contribution in [1.29, 1.82) is 0 Å². The van der Waals surface area contributed by atoms with Crippen molar-refractivity contribution >= 4 is 5.69 Å². The van der Waals surface area contributed by atoms with Crippen molar-refractivity contribution in [3.8, 4) is 17.2 Å². The molecule has 0 aliphatic heterocycles. The second-order valence-corrected chi connectivity index (χ2v) is 4.11. The van der Waals surface area contributed by atoms with Crippen LogP contribution in [-0.4, -0.2) is 19.8 Å². The fourth-order valence-corrected chi connectivity index (χ4v) is 1.76. The highest BCUT2D eigenvalue weighted by Gasteiger charge is 2.06. The Hall–Kier alpha value is -2.36. The summed E-state index contributed by atoms with van der Waals surface area (Å²) in [6.45, 7) is 3.38. The van der Waals surface area contributed by atoms with Crippen molar-refractivity contribution in [3.05, 3.63) is 48.5 Å². The molecule has 2 N–H and O–H groups in total. The van der Waals surface area contributed by atoms with Gasteiger partial charge in [0.25, 0.3) is 0 Å². The highest BCUT2D eigenvalue weighted by molar-refractivity contribution is 5.62. The van der Waals surface area contributed by atoms with Crippen LogP contribution in [0.25, 0.3) is 0 Å². The van der Waals surface area contributed by atoms with Gasteiger partial charge in [0.2, 0.25) is 0 Å². The fraction of sp³-hybridized carbons (Fsp3) is 0.250. The van der Waals surface area contributed by atoms with Gasteiger partial charge in [-0.2, -0.15) is 0 Å². The molecule has 0 radical (unpaired) electrons. The average Bonchev–Trinajstić information content (AvgIpc) is 2.48. The third-order valence-electron chi connectivity index (χ3n) is 2.68. The number of nitrogen functional groups attached to an aromatic ring is 1. The Bertz CT molecular complexity index is 529. The quantitative estimate of drug-likeness (QED) is 0.622. The number of ether oxygens (including phenoxy) is 3. The second-order valence-electron chi connectivity index (χ2n) is 4.11. The molecule has 2 aromatic rings. The number of hydrogen-bond acceptors (Lipinski definition) is 4. The molecule has 0 aromatic heterocycles. The van der Waals surface area contributed by atoms with Crippen LogP contribution >= 0.6 is 0 Å². The molecule has 20 heavy (non-hydrogen) atoms. The molecule has 2 aromatic carbocycles. The van der Waals surface area contributed by atoms with E-state index in [0.717, 1.165) is 5.75 Å². The summed E-state index contributed by atoms with van der Waals surface area (Å²) in [5.41, 5.74) is 6.49. The molecule has 0 aliphatic carbocycles. The van der Waals surface area contributed by atoms with Gasteiger partial charge in [0.1, 0.15) is 36.1 Å². The largest absolute Gasteiger partial charge is 0.492 e. The molecule has 0 saturated heterocycles. The van der Waals surface area contributed by atoms with E-state index in [0.29, 0.717) is 37.0 Å². The van der Waals surface area contributed by atoms with Crippen molar-refractivity contribution in [2.75, 3.05) is 25.6 Å². The maximum Gasteiger partial charge on any atom is 0.146 e. The fourth-order valence-electron chi connectivity index (χ4n) is 1.76. The lowest BCUT2D eigenvalue weighted by Crippen LogP contribution is -2.10. The summed E-state index contributed by atoms with van der Waals surface area (Å²) in [7, 11) is 0. The zero-order valence-corrected chi connectivity index (χ0v) is 11.5. The summed E-state index contributed by atoms with van der Waals surface area (Å²) >= 11 is 0. The molecule has 0 amide bonds. The standard InChI is InChI=1S/C16H19NO3/c1-2-18-14-9-6-10-15(16(14)17)20-12-11-19-13-7-4-3-5-8-13/h3-10H,2,11-12,17H2,1H3. The second kappa shape index (κ2) is 7.28. The van der Waals surface area contributed by atoms with Crippen molar-refractivity contribution in [2.24, 2.45) is 0 Å². The Labute approximate surface area is 119 Å². The van der Waals surface area contributed by atoms with E-state index < -0.39 is 0 Å². The minimum absolute atomic E-state index is 0.425. The van der Waals surface area contributed by atoms with Gasteiger partial charge in [0.05, 0.1) is 6.61 Å². The lowest BCUT2D eigenvalue weighted by atomic mass is 10.3. The molecule has 0 unspecified atom stereocenters. The van der Waals surface area contributed by atoms with E-state index in [1.807, 2.05) is 55.5 Å². The Kier molecular flexibility index (Phi) is 5.12. The number of para-hydroxylation sites is 2. The van der Waals surface area contributed by atoms with Crippen LogP contribution in [0.3, 0.4) is 0 Å². The lowest BCUT2D eigenvalue weighted by molar-refractivity contribution is 0.217. The summed E-state index contributed by atoms with van der Waals surface area (Å²) in [5, 5.41) is 0. The van der Waals surface area contributed by atoms with Crippen LogP contribution < -0.4 is 19.9 Å². The van der Waals surface area contributed by atoms with E-state index >= 15 is 0 Å². The monoisotopic (exact) mass is 273 g/mol. The van der Waals surface area contributed by atoms with Crippen molar-refractivity contribution in [2.45, 2.75) is 6.92 Å². The van der Waals surface area contributed by atoms with Gasteiger partial charge >= 0.3 is 0 Å².